The average Bonchev–Trinajstić information content (AvgIpc) is 3.03. The zero-order valence-corrected chi connectivity index (χ0v) is 10.7. The summed E-state index contributed by atoms with van der Waals surface area (Å²) in [7, 11) is 0. The van der Waals surface area contributed by atoms with Gasteiger partial charge in [-0.15, -0.1) is 0 Å². The zero-order chi connectivity index (χ0) is 12.5. The molecule has 1 saturated carbocycles. The molecule has 0 bridgehead atoms. The monoisotopic (exact) mass is 266 g/mol. The lowest BCUT2D eigenvalue weighted by atomic mass is 10.5. The minimum Gasteiger partial charge on any atom is -0.329 e. The van der Waals surface area contributed by atoms with Crippen LogP contribution in [0.15, 0.2) is 17.6 Å². The Bertz CT molecular complexity index is 467. The summed E-state index contributed by atoms with van der Waals surface area (Å²) in [5.41, 5.74) is 0. The molecule has 1 saturated heterocycles. The molecule has 2 heterocycles. The van der Waals surface area contributed by atoms with Gasteiger partial charge in [0.15, 0.2) is 5.16 Å². The molecule has 1 aromatic heterocycles. The molecule has 0 spiro atoms. The maximum Gasteiger partial charge on any atom is 0.324 e. The maximum absolute atomic E-state index is 11.4. The molecule has 0 aromatic carbocycles. The van der Waals surface area contributed by atoms with Gasteiger partial charge in [-0.25, -0.2) is 9.78 Å². The molecule has 2 aliphatic rings. The van der Waals surface area contributed by atoms with Crippen molar-refractivity contribution in [3.05, 3.63) is 12.4 Å². The van der Waals surface area contributed by atoms with E-state index in [1.165, 1.54) is 17.7 Å². The van der Waals surface area contributed by atoms with Crippen molar-refractivity contribution in [2.45, 2.75) is 24.0 Å². The normalized spacial score (nSPS) is 19.4. The van der Waals surface area contributed by atoms with Crippen molar-refractivity contribution in [1.82, 2.24) is 19.8 Å². The van der Waals surface area contributed by atoms with E-state index >= 15 is 0 Å². The van der Waals surface area contributed by atoms with Crippen LogP contribution in [-0.2, 0) is 4.79 Å². The highest BCUT2D eigenvalue weighted by molar-refractivity contribution is 7.99. The van der Waals surface area contributed by atoms with Crippen LogP contribution < -0.4 is 5.32 Å². The Morgan fingerprint density at radius 1 is 1.44 bits per heavy atom. The van der Waals surface area contributed by atoms with E-state index in [0.29, 0.717) is 18.3 Å². The number of imide groups is 1. The van der Waals surface area contributed by atoms with Gasteiger partial charge in [0, 0.05) is 30.7 Å². The molecular weight excluding hydrogens is 252 g/mol. The predicted molar refractivity (Wildman–Crippen MR) is 66.3 cm³/mol. The number of nitrogens with zero attached hydrogens (tertiary/aromatic N) is 3. The molecule has 0 radical (unpaired) electrons. The van der Waals surface area contributed by atoms with Crippen molar-refractivity contribution in [1.29, 1.82) is 0 Å². The van der Waals surface area contributed by atoms with Gasteiger partial charge in [-0.3, -0.25) is 9.69 Å². The number of rotatable bonds is 5. The third kappa shape index (κ3) is 2.22. The van der Waals surface area contributed by atoms with Gasteiger partial charge in [0.25, 0.3) is 0 Å². The van der Waals surface area contributed by atoms with Gasteiger partial charge in [0.2, 0.25) is 5.91 Å². The van der Waals surface area contributed by atoms with Gasteiger partial charge in [-0.2, -0.15) is 0 Å². The Labute approximate surface area is 109 Å². The smallest absolute Gasteiger partial charge is 0.324 e. The minimum absolute atomic E-state index is 0.125. The lowest BCUT2D eigenvalue weighted by Gasteiger charge is -2.11. The third-order valence-electron chi connectivity index (χ3n) is 3.06. The zero-order valence-electron chi connectivity index (χ0n) is 9.83. The number of hydrogen-bond donors (Lipinski definition) is 1. The van der Waals surface area contributed by atoms with E-state index in [1.807, 2.05) is 6.20 Å². The van der Waals surface area contributed by atoms with E-state index in [4.69, 9.17) is 0 Å². The second kappa shape index (κ2) is 4.64. The number of imidazole rings is 1. The van der Waals surface area contributed by atoms with Crippen LogP contribution in [0.25, 0.3) is 0 Å². The molecule has 6 nitrogen and oxygen atoms in total. The van der Waals surface area contributed by atoms with Crippen molar-refractivity contribution >= 4 is 23.7 Å². The molecule has 0 unspecified atom stereocenters. The summed E-state index contributed by atoms with van der Waals surface area (Å²) in [6, 6.07) is 0.317. The largest absolute Gasteiger partial charge is 0.329 e. The average molecular weight is 266 g/mol. The molecule has 1 aliphatic carbocycles. The Kier molecular flexibility index (Phi) is 2.99. The Balaban J connectivity index is 1.53. The number of nitrogens with one attached hydrogen (secondary N) is 1. The fraction of sp³-hybridized carbons (Fsp3) is 0.545. The van der Waals surface area contributed by atoms with Crippen LogP contribution >= 0.6 is 11.8 Å². The summed E-state index contributed by atoms with van der Waals surface area (Å²) in [5.74, 6) is 0.536. The number of carbonyl (C=O) groups excluding carboxylic acids is 2. The number of carbonyl (C=O) groups is 2. The molecule has 96 valence electrons. The summed E-state index contributed by atoms with van der Waals surface area (Å²) in [5, 5.41) is 3.49. The van der Waals surface area contributed by atoms with Gasteiger partial charge in [0.05, 0.1) is 6.54 Å². The molecule has 1 aliphatic heterocycles. The van der Waals surface area contributed by atoms with E-state index in [2.05, 4.69) is 14.9 Å². The molecule has 7 heteroatoms. The van der Waals surface area contributed by atoms with Crippen molar-refractivity contribution in [3.63, 3.8) is 0 Å². The van der Waals surface area contributed by atoms with Crippen LogP contribution in [-0.4, -0.2) is 45.2 Å². The fourth-order valence-electron chi connectivity index (χ4n) is 1.95. The molecule has 2 fully saturated rings. The van der Waals surface area contributed by atoms with Crippen LogP contribution in [0.4, 0.5) is 4.79 Å². The van der Waals surface area contributed by atoms with Crippen LogP contribution in [0.3, 0.4) is 0 Å². The number of thioether (sulfide) groups is 1. The number of amides is 3. The summed E-state index contributed by atoms with van der Waals surface area (Å²) in [6.45, 7) is 0.563. The van der Waals surface area contributed by atoms with Gasteiger partial charge in [-0.1, -0.05) is 11.8 Å². The van der Waals surface area contributed by atoms with E-state index in [-0.39, 0.29) is 18.5 Å². The van der Waals surface area contributed by atoms with Crippen LogP contribution in [0, 0.1) is 0 Å². The number of aromatic nitrogens is 2. The first-order valence-electron chi connectivity index (χ1n) is 5.99. The highest BCUT2D eigenvalue weighted by Gasteiger charge is 2.28. The minimum atomic E-state index is -0.286. The van der Waals surface area contributed by atoms with Gasteiger partial charge < -0.3 is 9.88 Å². The Morgan fingerprint density at radius 3 is 2.94 bits per heavy atom. The lowest BCUT2D eigenvalue weighted by Crippen LogP contribution is -2.32. The topological polar surface area (TPSA) is 67.2 Å². The van der Waals surface area contributed by atoms with E-state index in [1.54, 1.807) is 18.0 Å². The fourth-order valence-corrected chi connectivity index (χ4v) is 2.90. The Hall–Kier alpha value is -1.50. The first-order valence-corrected chi connectivity index (χ1v) is 6.98. The first kappa shape index (κ1) is 11.6. The lowest BCUT2D eigenvalue weighted by molar-refractivity contribution is -0.124. The van der Waals surface area contributed by atoms with E-state index in [9.17, 15) is 9.59 Å². The van der Waals surface area contributed by atoms with Crippen LogP contribution in [0.5, 0.6) is 0 Å². The summed E-state index contributed by atoms with van der Waals surface area (Å²) in [4.78, 5) is 28.3. The third-order valence-corrected chi connectivity index (χ3v) is 4.02. The summed E-state index contributed by atoms with van der Waals surface area (Å²) >= 11 is 1.59. The molecule has 0 atom stereocenters. The quantitative estimate of drug-likeness (QED) is 0.634. The highest BCUT2D eigenvalue weighted by atomic mass is 32.2. The van der Waals surface area contributed by atoms with Gasteiger partial charge in [-0.05, 0) is 12.8 Å². The molecule has 1 aromatic rings. The van der Waals surface area contributed by atoms with Crippen molar-refractivity contribution in [3.8, 4) is 0 Å². The van der Waals surface area contributed by atoms with Crippen LogP contribution in [0.1, 0.15) is 18.9 Å². The SMILES string of the molecule is O=C1CNC(=O)N1CCSc1nccn1C1CC1. The van der Waals surface area contributed by atoms with Gasteiger partial charge >= 0.3 is 6.03 Å². The van der Waals surface area contributed by atoms with Crippen LogP contribution in [0.2, 0.25) is 0 Å². The number of urea groups is 1. The predicted octanol–water partition coefficient (Wildman–Crippen LogP) is 0.862. The first-order chi connectivity index (χ1) is 8.75. The van der Waals surface area contributed by atoms with E-state index in [0.717, 1.165) is 5.16 Å². The summed E-state index contributed by atoms with van der Waals surface area (Å²) in [6.07, 6.45) is 6.23. The summed E-state index contributed by atoms with van der Waals surface area (Å²) < 4.78 is 2.18. The molecule has 1 N–H and O–H groups in total. The molecule has 18 heavy (non-hydrogen) atoms. The Morgan fingerprint density at radius 2 is 2.28 bits per heavy atom. The van der Waals surface area contributed by atoms with Gasteiger partial charge in [0.1, 0.15) is 0 Å². The molecular formula is C11H14N4O2S. The maximum atomic E-state index is 11.4. The highest BCUT2D eigenvalue weighted by Crippen LogP contribution is 2.37. The molecule has 3 rings (SSSR count). The van der Waals surface area contributed by atoms with E-state index < -0.39 is 0 Å². The second-order valence-electron chi connectivity index (χ2n) is 4.40. The second-order valence-corrected chi connectivity index (χ2v) is 5.46. The molecule has 3 amide bonds. The standard InChI is InChI=1S/C11H14N4O2S/c16-9-7-13-10(17)15(9)5-6-18-11-12-3-4-14(11)8-1-2-8/h3-4,8H,1-2,5-7H2,(H,13,17). The van der Waals surface area contributed by atoms with Crippen molar-refractivity contribution < 1.29 is 9.59 Å². The number of hydrogen-bond acceptors (Lipinski definition) is 4. The van der Waals surface area contributed by atoms with Crippen molar-refractivity contribution in [2.24, 2.45) is 0 Å². The van der Waals surface area contributed by atoms with Crippen molar-refractivity contribution in [2.75, 3.05) is 18.8 Å².